The number of likely N-dealkylation sites (N-methyl/N-ethyl adjacent to an activating group) is 1. The smallest absolute Gasteiger partial charge is 0.333 e. The second kappa shape index (κ2) is 12.2. The maximum absolute atomic E-state index is 12.2. The fourth-order valence-corrected chi connectivity index (χ4v) is 7.55. The molecule has 45 heavy (non-hydrogen) atoms. The van der Waals surface area contributed by atoms with E-state index in [9.17, 15) is 27.4 Å². The molecule has 1 aliphatic carbocycles. The maximum Gasteiger partial charge on any atom is 0.333 e. The van der Waals surface area contributed by atoms with Gasteiger partial charge in [-0.25, -0.2) is 17.8 Å². The van der Waals surface area contributed by atoms with Crippen molar-refractivity contribution >= 4 is 39.3 Å². The molecule has 2 amide bonds. The van der Waals surface area contributed by atoms with Crippen LogP contribution in [0.5, 0.6) is 0 Å². The zero-order valence-electron chi connectivity index (χ0n) is 26.5. The molecule has 4 aliphatic rings. The van der Waals surface area contributed by atoms with Gasteiger partial charge in [-0.05, 0) is 62.6 Å². The third-order valence-electron chi connectivity index (χ3n) is 9.55. The van der Waals surface area contributed by atoms with Gasteiger partial charge in [-0.15, -0.1) is 5.06 Å². The number of anilines is 1. The Balaban J connectivity index is 1.34. The Bertz CT molecular complexity index is 1660. The number of hydrogen-bond acceptors (Lipinski definition) is 8. The van der Waals surface area contributed by atoms with E-state index in [-0.39, 0.29) is 29.6 Å². The molecule has 11 heteroatoms. The first-order valence-corrected chi connectivity index (χ1v) is 16.8. The fraction of sp³-hybridized carbons (Fsp3) is 0.471. The number of nitrogens with zero attached hydrogens (tertiary/aromatic N) is 3. The van der Waals surface area contributed by atoms with Crippen LogP contribution >= 0.6 is 0 Å². The van der Waals surface area contributed by atoms with Gasteiger partial charge in [0.15, 0.2) is 11.8 Å². The molecule has 1 saturated heterocycles. The molecule has 3 aliphatic heterocycles. The van der Waals surface area contributed by atoms with Crippen LogP contribution < -0.4 is 4.90 Å². The number of imide groups is 1. The molecule has 0 bridgehead atoms. The third-order valence-corrected chi connectivity index (χ3v) is 10.4. The highest BCUT2D eigenvalue weighted by molar-refractivity contribution is 7.85. The van der Waals surface area contributed by atoms with Gasteiger partial charge in [-0.3, -0.25) is 9.59 Å². The van der Waals surface area contributed by atoms with Crippen LogP contribution in [0.4, 0.5) is 5.69 Å². The summed E-state index contributed by atoms with van der Waals surface area (Å²) in [5, 5.41) is 0.566. The normalized spacial score (nSPS) is 24.4. The van der Waals surface area contributed by atoms with Gasteiger partial charge in [0.05, 0.1) is 16.2 Å². The molecule has 0 saturated carbocycles. The van der Waals surface area contributed by atoms with E-state index in [0.717, 1.165) is 16.9 Å². The van der Waals surface area contributed by atoms with E-state index in [0.29, 0.717) is 42.8 Å². The molecule has 10 nitrogen and oxygen atoms in total. The van der Waals surface area contributed by atoms with E-state index >= 15 is 0 Å². The molecule has 0 spiro atoms. The zero-order chi connectivity index (χ0) is 32.7. The van der Waals surface area contributed by atoms with Crippen molar-refractivity contribution in [3.8, 4) is 0 Å². The number of allylic oxidation sites excluding steroid dienone is 6. The topological polar surface area (TPSA) is 127 Å². The summed E-state index contributed by atoms with van der Waals surface area (Å²) in [5.41, 5.74) is 3.13. The summed E-state index contributed by atoms with van der Waals surface area (Å²) in [6.45, 7) is 9.15. The lowest BCUT2D eigenvalue weighted by Gasteiger charge is -2.27. The van der Waals surface area contributed by atoms with Crippen molar-refractivity contribution in [3.05, 3.63) is 72.0 Å². The summed E-state index contributed by atoms with van der Waals surface area (Å²) in [4.78, 5) is 42.5. The van der Waals surface area contributed by atoms with E-state index < -0.39 is 33.3 Å². The minimum atomic E-state index is -4.63. The molecule has 1 aromatic carbocycles. The Morgan fingerprint density at radius 3 is 2.42 bits per heavy atom. The van der Waals surface area contributed by atoms with Crippen molar-refractivity contribution in [1.29, 1.82) is 0 Å². The number of benzene rings is 1. The second-order valence-corrected chi connectivity index (χ2v) is 14.6. The lowest BCUT2D eigenvalue weighted by Crippen LogP contribution is -2.32. The van der Waals surface area contributed by atoms with Crippen LogP contribution in [0.2, 0.25) is 0 Å². The molecular weight excluding hydrogens is 594 g/mol. The average Bonchev–Trinajstić information content (AvgIpc) is 3.48. The predicted molar refractivity (Wildman–Crippen MR) is 168 cm³/mol. The van der Waals surface area contributed by atoms with Gasteiger partial charge in [0.1, 0.15) is 17.2 Å². The molecule has 240 valence electrons. The fourth-order valence-electron chi connectivity index (χ4n) is 7.05. The van der Waals surface area contributed by atoms with Crippen molar-refractivity contribution in [1.82, 2.24) is 5.06 Å². The maximum atomic E-state index is 12.2. The molecule has 0 aromatic heterocycles. The van der Waals surface area contributed by atoms with Crippen molar-refractivity contribution in [2.24, 2.45) is 11.3 Å². The molecule has 5 rings (SSSR count). The SMILES string of the molecule is C[N+]1=C(C=CC=C2N(CCCCCC(=O)ON3C(=O)CCC3=O)c3ccc(S(=O)(=O)[O-])cc3C2(C)C)C(C)(C)C2C=CC=CC21. The van der Waals surface area contributed by atoms with E-state index in [2.05, 4.69) is 72.9 Å². The Labute approximate surface area is 265 Å². The number of hydroxylamine groups is 2. The average molecular weight is 636 g/mol. The number of rotatable bonds is 10. The minimum absolute atomic E-state index is 0.0522. The van der Waals surface area contributed by atoms with Crippen LogP contribution in [-0.4, -0.2) is 65.7 Å². The van der Waals surface area contributed by atoms with Crippen LogP contribution in [-0.2, 0) is 34.8 Å². The van der Waals surface area contributed by atoms with Gasteiger partial charge < -0.3 is 14.3 Å². The first kappa shape index (κ1) is 32.6. The van der Waals surface area contributed by atoms with Crippen molar-refractivity contribution in [2.45, 2.75) is 82.6 Å². The van der Waals surface area contributed by atoms with Crippen molar-refractivity contribution in [2.75, 3.05) is 18.5 Å². The first-order chi connectivity index (χ1) is 21.1. The molecule has 3 heterocycles. The van der Waals surface area contributed by atoms with Crippen LogP contribution in [0.1, 0.15) is 71.8 Å². The van der Waals surface area contributed by atoms with E-state index in [1.807, 2.05) is 13.8 Å². The third kappa shape index (κ3) is 6.20. The van der Waals surface area contributed by atoms with E-state index in [1.165, 1.54) is 17.8 Å². The van der Waals surface area contributed by atoms with E-state index in [4.69, 9.17) is 4.84 Å². The van der Waals surface area contributed by atoms with Gasteiger partial charge >= 0.3 is 5.97 Å². The molecule has 2 atom stereocenters. The molecule has 0 radical (unpaired) electrons. The summed E-state index contributed by atoms with van der Waals surface area (Å²) in [5.74, 6) is -1.26. The monoisotopic (exact) mass is 635 g/mol. The largest absolute Gasteiger partial charge is 0.744 e. The number of unbranched alkanes of at least 4 members (excludes halogenated alkanes) is 2. The molecule has 1 aromatic rings. The summed E-state index contributed by atoms with van der Waals surface area (Å²) >= 11 is 0. The van der Waals surface area contributed by atoms with Gasteiger partial charge in [-0.2, -0.15) is 0 Å². The lowest BCUT2D eigenvalue weighted by atomic mass is 9.73. The number of hydrogen-bond donors (Lipinski definition) is 0. The highest BCUT2D eigenvalue weighted by Gasteiger charge is 2.51. The Morgan fingerprint density at radius 2 is 1.76 bits per heavy atom. The standard InChI is InChI=1S/C34H41N3O7S/c1-33(2)24-12-8-9-13-26(24)35(5)28(33)14-11-15-29-34(3,4)25-22-23(45(41,42)43)17-18-27(25)36(29)21-10-6-7-16-32(40)44-37-30(38)19-20-31(37)39/h8-9,11-15,17-18,22,24,26H,6-7,10,16,19-21H2,1-5H3. The highest BCUT2D eigenvalue weighted by atomic mass is 32.2. The molecule has 1 fully saturated rings. The first-order valence-electron chi connectivity index (χ1n) is 15.4. The molecular formula is C34H41N3O7S. The quantitative estimate of drug-likeness (QED) is 0.159. The number of fused-ring (bicyclic) bond motifs is 2. The van der Waals surface area contributed by atoms with Gasteiger partial charge in [0.2, 0.25) is 0 Å². The van der Waals surface area contributed by atoms with Gasteiger partial charge in [0, 0.05) is 48.7 Å². The van der Waals surface area contributed by atoms with Crippen LogP contribution in [0.15, 0.2) is 71.3 Å². The summed E-state index contributed by atoms with van der Waals surface area (Å²) in [7, 11) is -2.51. The predicted octanol–water partition coefficient (Wildman–Crippen LogP) is 4.53. The second-order valence-electron chi connectivity index (χ2n) is 13.2. The molecule has 2 unspecified atom stereocenters. The Morgan fingerprint density at radius 1 is 1.07 bits per heavy atom. The Hall–Kier alpha value is -3.83. The van der Waals surface area contributed by atoms with Crippen LogP contribution in [0.3, 0.4) is 0 Å². The summed E-state index contributed by atoms with van der Waals surface area (Å²) < 4.78 is 38.0. The summed E-state index contributed by atoms with van der Waals surface area (Å²) in [6.07, 6.45) is 17.1. The number of amides is 2. The molecule has 0 N–H and O–H groups in total. The number of carbonyl (C=O) groups is 3. The Kier molecular flexibility index (Phi) is 8.80. The lowest BCUT2D eigenvalue weighted by molar-refractivity contribution is -0.521. The zero-order valence-corrected chi connectivity index (χ0v) is 27.3. The highest BCUT2D eigenvalue weighted by Crippen LogP contribution is 2.49. The number of carbonyl (C=O) groups excluding carboxylic acids is 3. The van der Waals surface area contributed by atoms with Crippen molar-refractivity contribution < 1.29 is 36.8 Å². The van der Waals surface area contributed by atoms with E-state index in [1.54, 1.807) is 6.07 Å². The van der Waals surface area contributed by atoms with Crippen LogP contribution in [0.25, 0.3) is 0 Å². The van der Waals surface area contributed by atoms with Gasteiger partial charge in [-0.1, -0.05) is 44.6 Å². The minimum Gasteiger partial charge on any atom is -0.744 e. The van der Waals surface area contributed by atoms with Crippen LogP contribution in [0, 0.1) is 11.3 Å². The summed E-state index contributed by atoms with van der Waals surface area (Å²) in [6, 6.07) is 4.83. The van der Waals surface area contributed by atoms with Crippen molar-refractivity contribution in [3.63, 3.8) is 0 Å². The van der Waals surface area contributed by atoms with Gasteiger partial charge in [0.25, 0.3) is 11.8 Å².